The van der Waals surface area contributed by atoms with E-state index in [2.05, 4.69) is 10.0 Å². The van der Waals surface area contributed by atoms with E-state index in [-0.39, 0.29) is 16.3 Å². The molecule has 0 aliphatic heterocycles. The fourth-order valence-corrected chi connectivity index (χ4v) is 7.42. The van der Waals surface area contributed by atoms with Crippen molar-refractivity contribution in [3.63, 3.8) is 0 Å². The first-order valence-corrected chi connectivity index (χ1v) is 17.0. The lowest BCUT2D eigenvalue weighted by Crippen LogP contribution is -2.49. The number of methoxy groups -OCH3 is 1. The van der Waals surface area contributed by atoms with Crippen LogP contribution < -0.4 is 10.0 Å². The van der Waals surface area contributed by atoms with Crippen molar-refractivity contribution in [1.29, 1.82) is 0 Å². The Morgan fingerprint density at radius 1 is 0.750 bits per heavy atom. The van der Waals surface area contributed by atoms with Crippen LogP contribution >= 0.6 is 0 Å². The molecule has 0 aromatic heterocycles. The van der Waals surface area contributed by atoms with Crippen LogP contribution in [0.25, 0.3) is 0 Å². The molecule has 2 N–H and O–H groups in total. The number of hydrogen-bond acceptors (Lipinski definition) is 7. The number of hydrogen-bond donors (Lipinski definition) is 2. The Hall–Kier alpha value is -4.19. The van der Waals surface area contributed by atoms with Crippen LogP contribution in [0.3, 0.4) is 0 Å². The molecule has 0 heterocycles. The van der Waals surface area contributed by atoms with Gasteiger partial charge in [0.05, 0.1) is 28.3 Å². The van der Waals surface area contributed by atoms with E-state index in [0.29, 0.717) is 17.8 Å². The molecule has 11 heteroatoms. The minimum Gasteiger partial charge on any atom is -0.468 e. The highest BCUT2D eigenvalue weighted by Crippen LogP contribution is 2.28. The van der Waals surface area contributed by atoms with Crippen LogP contribution in [0, 0.1) is 13.8 Å². The lowest BCUT2D eigenvalue weighted by atomic mass is 10.0. The predicted molar refractivity (Wildman–Crippen MR) is 173 cm³/mol. The number of aryl methyl sites for hydroxylation is 2. The van der Waals surface area contributed by atoms with Crippen LogP contribution in [0.5, 0.6) is 0 Å². The Kier molecular flexibility index (Phi) is 10.5. The van der Waals surface area contributed by atoms with Gasteiger partial charge in [-0.3, -0.25) is 9.52 Å². The molecule has 0 bridgehead atoms. The van der Waals surface area contributed by atoms with Crippen LogP contribution in [0.1, 0.15) is 23.6 Å². The standard InChI is InChI=1S/C33H37N3O6S2/c1-24-14-18-29(19-15-24)43(38,39)35-32-13-9-8-12-31(32)34-28(22-27-10-6-5-7-11-27)23-36(26(3)33(37)42-4)44(40,41)30-20-16-25(2)17-21-30/h5-21,26,28,34-35H,22-23H2,1-4H3/t26-,28-/m0/s1. The van der Waals surface area contributed by atoms with Gasteiger partial charge in [-0.25, -0.2) is 16.8 Å². The number of nitrogens with zero attached hydrogens (tertiary/aromatic N) is 1. The number of carbonyl (C=O) groups is 1. The molecule has 44 heavy (non-hydrogen) atoms. The maximum absolute atomic E-state index is 14.0. The van der Waals surface area contributed by atoms with E-state index in [0.717, 1.165) is 21.0 Å². The van der Waals surface area contributed by atoms with E-state index in [1.807, 2.05) is 44.2 Å². The number of esters is 1. The van der Waals surface area contributed by atoms with Crippen LogP contribution in [0.4, 0.5) is 11.4 Å². The van der Waals surface area contributed by atoms with Crippen LogP contribution in [-0.2, 0) is 36.0 Å². The van der Waals surface area contributed by atoms with Crippen molar-refractivity contribution in [3.05, 3.63) is 120 Å². The average Bonchev–Trinajstić information content (AvgIpc) is 3.00. The molecule has 4 rings (SSSR count). The molecule has 0 aliphatic rings. The van der Waals surface area contributed by atoms with Crippen molar-refractivity contribution in [1.82, 2.24) is 4.31 Å². The lowest BCUT2D eigenvalue weighted by molar-refractivity contribution is -0.144. The summed E-state index contributed by atoms with van der Waals surface area (Å²) in [5, 5.41) is 3.37. The van der Waals surface area contributed by atoms with E-state index in [4.69, 9.17) is 4.74 Å². The molecule has 4 aromatic carbocycles. The third-order valence-corrected chi connectivity index (χ3v) is 10.5. The fraction of sp³-hybridized carbons (Fsp3) is 0.242. The Morgan fingerprint density at radius 2 is 1.27 bits per heavy atom. The predicted octanol–water partition coefficient (Wildman–Crippen LogP) is 5.38. The van der Waals surface area contributed by atoms with Gasteiger partial charge in [-0.05, 0) is 69.2 Å². The number of ether oxygens (including phenoxy) is 1. The minimum absolute atomic E-state index is 0.0450. The molecule has 0 fully saturated rings. The first-order valence-electron chi connectivity index (χ1n) is 14.1. The zero-order valence-corrected chi connectivity index (χ0v) is 26.7. The monoisotopic (exact) mass is 635 g/mol. The Bertz CT molecular complexity index is 1780. The van der Waals surface area contributed by atoms with Gasteiger partial charge >= 0.3 is 5.97 Å². The van der Waals surface area contributed by atoms with Crippen LogP contribution in [0.2, 0.25) is 0 Å². The minimum atomic E-state index is -4.15. The van der Waals surface area contributed by atoms with E-state index >= 15 is 0 Å². The summed E-state index contributed by atoms with van der Waals surface area (Å²) in [5.41, 5.74) is 3.48. The maximum Gasteiger partial charge on any atom is 0.323 e. The van der Waals surface area contributed by atoms with Gasteiger partial charge in [0.1, 0.15) is 6.04 Å². The first-order chi connectivity index (χ1) is 20.9. The summed E-state index contributed by atoms with van der Waals surface area (Å²) >= 11 is 0. The maximum atomic E-state index is 14.0. The average molecular weight is 636 g/mol. The molecule has 0 amide bonds. The van der Waals surface area contributed by atoms with Gasteiger partial charge in [-0.15, -0.1) is 0 Å². The first kappa shape index (κ1) is 32.7. The van der Waals surface area contributed by atoms with E-state index in [1.165, 1.54) is 38.3 Å². The zero-order valence-electron chi connectivity index (χ0n) is 25.1. The van der Waals surface area contributed by atoms with Crippen LogP contribution in [0.15, 0.2) is 113 Å². The third kappa shape index (κ3) is 8.04. The van der Waals surface area contributed by atoms with Gasteiger partial charge in [0.15, 0.2) is 0 Å². The van der Waals surface area contributed by atoms with Crippen molar-refractivity contribution in [2.24, 2.45) is 0 Å². The summed E-state index contributed by atoms with van der Waals surface area (Å²) in [6, 6.07) is 27.5. The summed E-state index contributed by atoms with van der Waals surface area (Å²) < 4.78 is 63.2. The van der Waals surface area contributed by atoms with E-state index in [1.54, 1.807) is 48.5 Å². The zero-order chi connectivity index (χ0) is 31.9. The largest absolute Gasteiger partial charge is 0.468 e. The molecule has 232 valence electrons. The van der Waals surface area contributed by atoms with Gasteiger partial charge in [0, 0.05) is 12.6 Å². The topological polar surface area (TPSA) is 122 Å². The van der Waals surface area contributed by atoms with Crippen molar-refractivity contribution >= 4 is 37.4 Å². The lowest BCUT2D eigenvalue weighted by Gasteiger charge is -2.32. The number of anilines is 2. The summed E-state index contributed by atoms with van der Waals surface area (Å²) in [6.45, 7) is 5.09. The van der Waals surface area contributed by atoms with Gasteiger partial charge in [0.25, 0.3) is 10.0 Å². The molecule has 0 saturated carbocycles. The molecule has 0 spiro atoms. The molecule has 9 nitrogen and oxygen atoms in total. The third-order valence-electron chi connectivity index (χ3n) is 7.19. The van der Waals surface area contributed by atoms with Gasteiger partial charge in [-0.1, -0.05) is 77.9 Å². The fourth-order valence-electron chi connectivity index (χ4n) is 4.71. The van der Waals surface area contributed by atoms with Crippen molar-refractivity contribution in [2.45, 2.75) is 49.1 Å². The van der Waals surface area contributed by atoms with Crippen LogP contribution in [-0.4, -0.2) is 52.8 Å². The molecular weight excluding hydrogens is 599 g/mol. The highest BCUT2D eigenvalue weighted by Gasteiger charge is 2.35. The van der Waals surface area contributed by atoms with Gasteiger partial charge in [0.2, 0.25) is 10.0 Å². The molecular formula is C33H37N3O6S2. The SMILES string of the molecule is COC(=O)[C@H](C)N(C[C@H](Cc1ccccc1)Nc1ccccc1NS(=O)(=O)c1ccc(C)cc1)S(=O)(=O)c1ccc(C)cc1. The smallest absolute Gasteiger partial charge is 0.323 e. The van der Waals surface area contributed by atoms with Crippen molar-refractivity contribution in [3.8, 4) is 0 Å². The molecule has 0 aliphatic carbocycles. The summed E-state index contributed by atoms with van der Waals surface area (Å²) in [5.74, 6) is -0.703. The second-order valence-corrected chi connectivity index (χ2v) is 14.2. The summed E-state index contributed by atoms with van der Waals surface area (Å²) in [6.07, 6.45) is 0.369. The number of para-hydroxylation sites is 2. The highest BCUT2D eigenvalue weighted by atomic mass is 32.2. The summed E-state index contributed by atoms with van der Waals surface area (Å²) in [7, 11) is -6.85. The molecule has 0 saturated heterocycles. The Morgan fingerprint density at radius 3 is 1.84 bits per heavy atom. The highest BCUT2D eigenvalue weighted by molar-refractivity contribution is 7.92. The second-order valence-electron chi connectivity index (χ2n) is 10.6. The summed E-state index contributed by atoms with van der Waals surface area (Å²) in [4.78, 5) is 12.9. The normalized spacial score (nSPS) is 13.2. The van der Waals surface area contributed by atoms with Crippen molar-refractivity contribution < 1.29 is 26.4 Å². The molecule has 0 radical (unpaired) electrons. The Labute approximate surface area is 260 Å². The molecule has 2 atom stereocenters. The van der Waals surface area contributed by atoms with Gasteiger partial charge < -0.3 is 10.1 Å². The van der Waals surface area contributed by atoms with Gasteiger partial charge in [-0.2, -0.15) is 4.31 Å². The number of rotatable bonds is 13. The van der Waals surface area contributed by atoms with E-state index < -0.39 is 38.1 Å². The number of nitrogens with one attached hydrogen (secondary N) is 2. The number of carbonyl (C=O) groups excluding carboxylic acids is 1. The second kappa shape index (κ2) is 14.1. The van der Waals surface area contributed by atoms with E-state index in [9.17, 15) is 21.6 Å². The van der Waals surface area contributed by atoms with Crippen molar-refractivity contribution in [2.75, 3.05) is 23.7 Å². The number of sulfonamides is 2. The molecule has 0 unspecified atom stereocenters. The molecule has 4 aromatic rings. The quantitative estimate of drug-likeness (QED) is 0.189. The number of benzene rings is 4. The Balaban J connectivity index is 1.72.